The van der Waals surface area contributed by atoms with Crippen molar-refractivity contribution in [2.45, 2.75) is 83.5 Å². The fourth-order valence-electron chi connectivity index (χ4n) is 5.36. The molecule has 0 saturated carbocycles. The van der Waals surface area contributed by atoms with E-state index in [9.17, 15) is 4.79 Å². The molecule has 0 spiro atoms. The first-order valence-electron chi connectivity index (χ1n) is 12.2. The lowest BCUT2D eigenvalue weighted by molar-refractivity contribution is -0.0198. The second kappa shape index (κ2) is 9.59. The quantitative estimate of drug-likeness (QED) is 0.425. The van der Waals surface area contributed by atoms with Crippen LogP contribution in [0, 0.1) is 6.92 Å². The molecule has 3 saturated heterocycles. The summed E-state index contributed by atoms with van der Waals surface area (Å²) in [5.74, 6) is 0.449. The van der Waals surface area contributed by atoms with Crippen LogP contribution in [0.4, 0.5) is 5.82 Å². The van der Waals surface area contributed by atoms with Crippen molar-refractivity contribution in [1.82, 2.24) is 14.2 Å². The summed E-state index contributed by atoms with van der Waals surface area (Å²) >= 11 is 0. The Labute approximate surface area is 201 Å². The van der Waals surface area contributed by atoms with Gasteiger partial charge in [0.15, 0.2) is 5.82 Å². The van der Waals surface area contributed by atoms with Gasteiger partial charge < -0.3 is 13.8 Å². The predicted octanol–water partition coefficient (Wildman–Crippen LogP) is 4.99. The summed E-state index contributed by atoms with van der Waals surface area (Å²) in [6, 6.07) is 10.8. The van der Waals surface area contributed by atoms with E-state index in [4.69, 9.17) is 13.8 Å². The van der Waals surface area contributed by atoms with Gasteiger partial charge in [-0.25, -0.2) is 14.5 Å². The Kier molecular flexibility index (Phi) is 6.70. The molecular weight excluding hydrogens is 451 g/mol. The number of hydrogen-bond donors (Lipinski definition) is 0. The molecule has 6 atom stereocenters. The zero-order chi connectivity index (χ0) is 23.9. The highest BCUT2D eigenvalue weighted by atomic mass is 31.2. The van der Waals surface area contributed by atoms with E-state index in [1.807, 2.05) is 13.0 Å². The van der Waals surface area contributed by atoms with Gasteiger partial charge in [0.05, 0.1) is 18.2 Å². The number of nitrogens with zero attached hydrogens (tertiary/aromatic N) is 4. The smallest absolute Gasteiger partial charge is 0.351 e. The number of fused-ring (bicyclic) bond motifs is 1. The van der Waals surface area contributed by atoms with E-state index >= 15 is 0 Å². The molecule has 2 aromatic rings. The second-order valence-corrected chi connectivity index (χ2v) is 10.7. The highest BCUT2D eigenvalue weighted by Gasteiger charge is 2.56. The third kappa shape index (κ3) is 4.16. The minimum atomic E-state index is -1.22. The lowest BCUT2D eigenvalue weighted by atomic mass is 9.87. The molecule has 0 N–H and O–H groups in total. The third-order valence-electron chi connectivity index (χ3n) is 7.16. The SMILES string of the molecule is CC=Nc1nc(=O)n([C@H]2C[C@@H](O[P@@]3O[C@](C)(c4ccccc4)[C@@H]4CCCN43)[C@@H](CC)O2)cc1C. The lowest BCUT2D eigenvalue weighted by Gasteiger charge is -2.29. The van der Waals surface area contributed by atoms with Gasteiger partial charge in [0, 0.05) is 30.9 Å². The van der Waals surface area contributed by atoms with Crippen molar-refractivity contribution in [3.8, 4) is 0 Å². The molecule has 4 heterocycles. The van der Waals surface area contributed by atoms with Gasteiger partial charge >= 0.3 is 5.69 Å². The van der Waals surface area contributed by atoms with Crippen LogP contribution in [0.15, 0.2) is 46.3 Å². The molecule has 3 aliphatic rings. The van der Waals surface area contributed by atoms with Crippen LogP contribution in [0.5, 0.6) is 0 Å². The Morgan fingerprint density at radius 3 is 2.88 bits per heavy atom. The highest BCUT2D eigenvalue weighted by molar-refractivity contribution is 7.45. The molecule has 8 nitrogen and oxygen atoms in total. The van der Waals surface area contributed by atoms with Crippen LogP contribution in [0.2, 0.25) is 0 Å². The van der Waals surface area contributed by atoms with Gasteiger partial charge in [-0.1, -0.05) is 37.3 Å². The molecule has 5 rings (SSSR count). The zero-order valence-corrected chi connectivity index (χ0v) is 21.1. The largest absolute Gasteiger partial charge is 0.352 e. The van der Waals surface area contributed by atoms with E-state index in [2.05, 4.69) is 52.8 Å². The lowest BCUT2D eigenvalue weighted by Crippen LogP contribution is -2.36. The van der Waals surface area contributed by atoms with Gasteiger partial charge in [-0.3, -0.25) is 4.57 Å². The summed E-state index contributed by atoms with van der Waals surface area (Å²) in [4.78, 5) is 21.0. The Bertz CT molecular complexity index is 1110. The van der Waals surface area contributed by atoms with E-state index in [0.29, 0.717) is 18.3 Å². The minimum absolute atomic E-state index is 0.110. The molecular formula is C25H33N4O4P. The summed E-state index contributed by atoms with van der Waals surface area (Å²) in [5.41, 5.74) is 1.28. The number of aryl methyl sites for hydroxylation is 1. The Balaban J connectivity index is 1.36. The maximum absolute atomic E-state index is 12.7. The van der Waals surface area contributed by atoms with Crippen molar-refractivity contribution in [2.75, 3.05) is 6.54 Å². The molecule has 0 aliphatic carbocycles. The molecule has 1 aromatic carbocycles. The van der Waals surface area contributed by atoms with Crippen LogP contribution in [0.1, 0.15) is 63.8 Å². The van der Waals surface area contributed by atoms with Crippen LogP contribution < -0.4 is 5.69 Å². The molecule has 0 radical (unpaired) electrons. The summed E-state index contributed by atoms with van der Waals surface area (Å²) in [7, 11) is -1.22. The van der Waals surface area contributed by atoms with E-state index in [0.717, 1.165) is 31.4 Å². The van der Waals surface area contributed by atoms with Crippen LogP contribution >= 0.6 is 8.53 Å². The number of hydrogen-bond acceptors (Lipinski definition) is 7. The minimum Gasteiger partial charge on any atom is -0.352 e. The van der Waals surface area contributed by atoms with Gasteiger partial charge in [0.25, 0.3) is 8.53 Å². The van der Waals surface area contributed by atoms with E-state index in [1.54, 1.807) is 23.9 Å². The van der Waals surface area contributed by atoms with Crippen LogP contribution in [-0.2, 0) is 19.4 Å². The zero-order valence-electron chi connectivity index (χ0n) is 20.3. The molecule has 1 aromatic heterocycles. The molecule has 0 unspecified atom stereocenters. The number of aliphatic imine (C=N–C) groups is 1. The standard InChI is InChI=1S/C25H33N4O4P/c1-5-19-20(15-22(31-19)28-16-17(3)23(26-6-2)27-24(28)30)32-34-29-14-10-13-21(29)25(4,33-34)18-11-8-7-9-12-18/h6-9,11-12,16,19-22H,5,10,13-15H2,1-4H3/t19-,20-,21+,22-,25-,34+/m1/s1. The fraction of sp³-hybridized carbons (Fsp3) is 0.560. The number of rotatable bonds is 6. The van der Waals surface area contributed by atoms with Crippen LogP contribution in [0.25, 0.3) is 0 Å². The summed E-state index contributed by atoms with van der Waals surface area (Å²) < 4.78 is 23.7. The summed E-state index contributed by atoms with van der Waals surface area (Å²) in [5, 5.41) is 0. The van der Waals surface area contributed by atoms with Crippen molar-refractivity contribution in [1.29, 1.82) is 0 Å². The first-order chi connectivity index (χ1) is 16.4. The molecule has 182 valence electrons. The molecule has 3 aliphatic heterocycles. The Morgan fingerprint density at radius 2 is 2.15 bits per heavy atom. The molecule has 9 heteroatoms. The van der Waals surface area contributed by atoms with E-state index < -0.39 is 20.4 Å². The third-order valence-corrected chi connectivity index (χ3v) is 9.05. The van der Waals surface area contributed by atoms with Crippen molar-refractivity contribution < 1.29 is 13.8 Å². The molecule has 0 amide bonds. The fourth-order valence-corrected chi connectivity index (χ4v) is 7.50. The molecule has 34 heavy (non-hydrogen) atoms. The summed E-state index contributed by atoms with van der Waals surface area (Å²) in [6.45, 7) is 8.97. The highest BCUT2D eigenvalue weighted by Crippen LogP contribution is 2.64. The maximum atomic E-state index is 12.7. The Hall–Kier alpha value is -1.96. The van der Waals surface area contributed by atoms with Gasteiger partial charge in [-0.05, 0) is 45.6 Å². The van der Waals surface area contributed by atoms with Crippen molar-refractivity contribution >= 4 is 20.6 Å². The van der Waals surface area contributed by atoms with Gasteiger partial charge in [0.1, 0.15) is 11.8 Å². The number of benzene rings is 1. The molecule has 0 bridgehead atoms. The summed E-state index contributed by atoms with van der Waals surface area (Å²) in [6.07, 6.45) is 6.37. The first-order valence-corrected chi connectivity index (χ1v) is 13.3. The topological polar surface area (TPSA) is 78.2 Å². The first kappa shape index (κ1) is 23.8. The van der Waals surface area contributed by atoms with Crippen molar-refractivity contribution in [3.63, 3.8) is 0 Å². The van der Waals surface area contributed by atoms with Crippen molar-refractivity contribution in [2.24, 2.45) is 4.99 Å². The van der Waals surface area contributed by atoms with E-state index in [1.165, 1.54) is 5.56 Å². The Morgan fingerprint density at radius 1 is 1.35 bits per heavy atom. The number of ether oxygens (including phenoxy) is 1. The van der Waals surface area contributed by atoms with Crippen molar-refractivity contribution in [3.05, 3.63) is 58.1 Å². The monoisotopic (exact) mass is 484 g/mol. The second-order valence-electron chi connectivity index (χ2n) is 9.36. The average Bonchev–Trinajstić information content (AvgIpc) is 3.54. The molecule has 3 fully saturated rings. The predicted molar refractivity (Wildman–Crippen MR) is 132 cm³/mol. The van der Waals surface area contributed by atoms with Crippen LogP contribution in [-0.4, -0.2) is 45.2 Å². The normalized spacial score (nSPS) is 33.7. The van der Waals surface area contributed by atoms with Crippen LogP contribution in [0.3, 0.4) is 0 Å². The average molecular weight is 485 g/mol. The maximum Gasteiger partial charge on any atom is 0.351 e. The van der Waals surface area contributed by atoms with Gasteiger partial charge in [-0.15, -0.1) is 0 Å². The van der Waals surface area contributed by atoms with Gasteiger partial charge in [0.2, 0.25) is 0 Å². The van der Waals surface area contributed by atoms with Gasteiger partial charge in [-0.2, -0.15) is 4.98 Å². The number of aromatic nitrogens is 2. The van der Waals surface area contributed by atoms with E-state index in [-0.39, 0.29) is 17.9 Å².